The molecule has 1 aliphatic heterocycles. The van der Waals surface area contributed by atoms with E-state index in [1.54, 1.807) is 17.9 Å². The Morgan fingerprint density at radius 2 is 2.03 bits per heavy atom. The van der Waals surface area contributed by atoms with Crippen molar-refractivity contribution in [3.05, 3.63) is 52.6 Å². The minimum absolute atomic E-state index is 0.0126. The van der Waals surface area contributed by atoms with Crippen molar-refractivity contribution in [3.63, 3.8) is 0 Å². The number of fused-ring (bicyclic) bond motifs is 1. The molecule has 5 rings (SSSR count). The van der Waals surface area contributed by atoms with Crippen molar-refractivity contribution in [1.82, 2.24) is 19.9 Å². The fraction of sp³-hybridized carbons (Fsp3) is 0.391. The molecule has 1 saturated carbocycles. The molecule has 1 saturated heterocycles. The summed E-state index contributed by atoms with van der Waals surface area (Å²) in [5.74, 6) is -0.811. The smallest absolute Gasteiger partial charge is 0.256 e. The van der Waals surface area contributed by atoms with Gasteiger partial charge in [0.15, 0.2) is 5.65 Å². The zero-order chi connectivity index (χ0) is 23.3. The summed E-state index contributed by atoms with van der Waals surface area (Å²) in [6.07, 6.45) is 4.74. The molecule has 0 unspecified atom stereocenters. The maximum Gasteiger partial charge on any atom is 0.256 e. The van der Waals surface area contributed by atoms with Gasteiger partial charge in [0, 0.05) is 24.3 Å². The van der Waals surface area contributed by atoms with Gasteiger partial charge in [0.05, 0.1) is 22.3 Å². The summed E-state index contributed by atoms with van der Waals surface area (Å²) in [5, 5.41) is 17.3. The summed E-state index contributed by atoms with van der Waals surface area (Å²) in [7, 11) is 0. The fourth-order valence-corrected chi connectivity index (χ4v) is 5.29. The monoisotopic (exact) mass is 471 g/mol. The first-order chi connectivity index (χ1) is 15.8. The number of amides is 2. The second-order valence-corrected chi connectivity index (χ2v) is 9.29. The number of hydrogen-bond donors (Lipinski definition) is 2. The molecular weight excluding hydrogens is 449 g/mol. The fourth-order valence-electron chi connectivity index (χ4n) is 5.02. The van der Waals surface area contributed by atoms with E-state index >= 15 is 0 Å². The van der Waals surface area contributed by atoms with Crippen molar-refractivity contribution in [2.75, 3.05) is 11.4 Å². The van der Waals surface area contributed by atoms with Gasteiger partial charge in [0.25, 0.3) is 5.91 Å². The van der Waals surface area contributed by atoms with Gasteiger partial charge in [-0.15, -0.1) is 0 Å². The van der Waals surface area contributed by atoms with Crippen LogP contribution >= 0.6 is 11.6 Å². The van der Waals surface area contributed by atoms with E-state index in [0.29, 0.717) is 61.2 Å². The largest absolute Gasteiger partial charge is 0.493 e. The van der Waals surface area contributed by atoms with Crippen LogP contribution in [0, 0.1) is 18.2 Å². The number of aromatic hydroxyl groups is 1. The van der Waals surface area contributed by atoms with Crippen molar-refractivity contribution in [3.8, 4) is 5.88 Å². The van der Waals surface area contributed by atoms with Crippen LogP contribution in [0.5, 0.6) is 5.88 Å². The van der Waals surface area contributed by atoms with Crippen molar-refractivity contribution >= 4 is 34.7 Å². The van der Waals surface area contributed by atoms with E-state index in [9.17, 15) is 19.1 Å². The lowest BCUT2D eigenvalue weighted by molar-refractivity contribution is -0.127. The molecule has 10 heteroatoms. The molecule has 172 valence electrons. The first kappa shape index (κ1) is 21.6. The van der Waals surface area contributed by atoms with Crippen LogP contribution < -0.4 is 10.2 Å². The maximum absolute atomic E-state index is 13.4. The molecule has 3 aromatic rings. The number of halogens is 2. The van der Waals surface area contributed by atoms with Gasteiger partial charge in [-0.25, -0.2) is 9.37 Å². The van der Waals surface area contributed by atoms with E-state index in [1.165, 1.54) is 28.9 Å². The third kappa shape index (κ3) is 3.70. The summed E-state index contributed by atoms with van der Waals surface area (Å²) < 4.78 is 14.6. The van der Waals surface area contributed by atoms with Crippen LogP contribution in [-0.2, 0) is 4.79 Å². The second-order valence-electron chi connectivity index (χ2n) is 8.88. The summed E-state index contributed by atoms with van der Waals surface area (Å²) >= 11 is 6.18. The number of nitrogens with one attached hydrogen (secondary N) is 1. The zero-order valence-electron chi connectivity index (χ0n) is 18.0. The molecule has 1 aliphatic carbocycles. The van der Waals surface area contributed by atoms with E-state index in [1.807, 2.05) is 0 Å². The average Bonchev–Trinajstić information content (AvgIpc) is 3.32. The third-order valence-electron chi connectivity index (χ3n) is 6.82. The lowest BCUT2D eigenvalue weighted by Crippen LogP contribution is -2.44. The second kappa shape index (κ2) is 7.98. The third-order valence-corrected chi connectivity index (χ3v) is 7.12. The Morgan fingerprint density at radius 1 is 1.27 bits per heavy atom. The number of rotatable bonds is 3. The highest BCUT2D eigenvalue weighted by molar-refractivity contribution is 6.34. The lowest BCUT2D eigenvalue weighted by Gasteiger charge is -2.36. The highest BCUT2D eigenvalue weighted by Gasteiger charge is 2.49. The van der Waals surface area contributed by atoms with Crippen LogP contribution in [0.1, 0.15) is 48.2 Å². The molecule has 2 amide bonds. The molecule has 0 atom stereocenters. The Balaban J connectivity index is 1.26. The number of hydrogen-bond acceptors (Lipinski definition) is 5. The Kier molecular flexibility index (Phi) is 5.23. The van der Waals surface area contributed by atoms with Gasteiger partial charge in [-0.2, -0.15) is 9.61 Å². The van der Waals surface area contributed by atoms with Gasteiger partial charge in [0.1, 0.15) is 11.4 Å². The van der Waals surface area contributed by atoms with E-state index in [0.717, 1.165) is 0 Å². The van der Waals surface area contributed by atoms with Crippen LogP contribution in [0.4, 0.5) is 10.1 Å². The molecule has 1 spiro atoms. The first-order valence-electron chi connectivity index (χ1n) is 10.9. The number of carbonyl (C=O) groups excluding carboxylic acids is 2. The first-order valence-corrected chi connectivity index (χ1v) is 11.3. The Labute approximate surface area is 194 Å². The number of aryl methyl sites for hydroxylation is 1. The summed E-state index contributed by atoms with van der Waals surface area (Å²) in [6, 6.07) is 5.47. The Bertz CT molecular complexity index is 1270. The number of anilines is 1. The molecule has 2 aromatic heterocycles. The molecule has 0 bridgehead atoms. The summed E-state index contributed by atoms with van der Waals surface area (Å²) in [6.45, 7) is 2.27. The van der Waals surface area contributed by atoms with Crippen molar-refractivity contribution in [2.45, 2.75) is 45.1 Å². The molecule has 8 nitrogen and oxygen atoms in total. The number of benzene rings is 1. The Morgan fingerprint density at radius 3 is 2.76 bits per heavy atom. The predicted octanol–water partition coefficient (Wildman–Crippen LogP) is 3.63. The highest BCUT2D eigenvalue weighted by Crippen LogP contribution is 2.47. The van der Waals surface area contributed by atoms with Crippen molar-refractivity contribution in [1.29, 1.82) is 0 Å². The van der Waals surface area contributed by atoms with E-state index in [2.05, 4.69) is 15.4 Å². The van der Waals surface area contributed by atoms with Crippen LogP contribution in [0.25, 0.3) is 5.65 Å². The average molecular weight is 472 g/mol. The van der Waals surface area contributed by atoms with Crippen molar-refractivity contribution in [2.24, 2.45) is 5.41 Å². The van der Waals surface area contributed by atoms with Gasteiger partial charge in [-0.1, -0.05) is 11.6 Å². The van der Waals surface area contributed by atoms with Crippen LogP contribution in [0.2, 0.25) is 5.02 Å². The van der Waals surface area contributed by atoms with Crippen molar-refractivity contribution < 1.29 is 19.1 Å². The SMILES string of the molecule is Cc1cc(O)n2ncc(C(=O)N[C@H]3CC[C@@]4(CCN(c5ccc(F)cc5Cl)C4=O)CC3)c2n1. The molecule has 1 aromatic carbocycles. The van der Waals surface area contributed by atoms with Gasteiger partial charge in [-0.3, -0.25) is 9.59 Å². The molecule has 2 aliphatic rings. The normalized spacial score (nSPS) is 22.9. The van der Waals surface area contributed by atoms with Gasteiger partial charge in [-0.05, 0) is 57.2 Å². The van der Waals surface area contributed by atoms with Crippen LogP contribution in [0.3, 0.4) is 0 Å². The minimum Gasteiger partial charge on any atom is -0.493 e. The minimum atomic E-state index is -0.478. The molecule has 3 heterocycles. The van der Waals surface area contributed by atoms with E-state index < -0.39 is 11.2 Å². The lowest BCUT2D eigenvalue weighted by atomic mass is 9.71. The number of carbonyl (C=O) groups is 2. The van der Waals surface area contributed by atoms with Gasteiger partial charge in [0.2, 0.25) is 11.8 Å². The topological polar surface area (TPSA) is 99.8 Å². The number of nitrogens with zero attached hydrogens (tertiary/aromatic N) is 4. The highest BCUT2D eigenvalue weighted by atomic mass is 35.5. The van der Waals surface area contributed by atoms with Crippen LogP contribution in [0.15, 0.2) is 30.5 Å². The quantitative estimate of drug-likeness (QED) is 0.607. The number of aromatic nitrogens is 3. The van der Waals surface area contributed by atoms with Gasteiger partial charge >= 0.3 is 0 Å². The molecule has 2 N–H and O–H groups in total. The molecule has 2 fully saturated rings. The molecular formula is C23H23ClFN5O3. The Hall–Kier alpha value is -3.20. The zero-order valence-corrected chi connectivity index (χ0v) is 18.8. The molecule has 0 radical (unpaired) electrons. The van der Waals surface area contributed by atoms with Crippen LogP contribution in [-0.4, -0.2) is 44.1 Å². The summed E-state index contributed by atoms with van der Waals surface area (Å²) in [4.78, 5) is 32.1. The van der Waals surface area contributed by atoms with Gasteiger partial charge < -0.3 is 15.3 Å². The van der Waals surface area contributed by atoms with E-state index in [-0.39, 0.29) is 28.8 Å². The maximum atomic E-state index is 13.4. The molecule has 33 heavy (non-hydrogen) atoms. The summed E-state index contributed by atoms with van der Waals surface area (Å²) in [5.41, 5.74) is 1.24. The van der Waals surface area contributed by atoms with E-state index in [4.69, 9.17) is 11.6 Å². The standard InChI is InChI=1S/C23H23ClFN5O3/c1-13-10-19(31)30-20(27-13)16(12-26-30)21(32)28-15-4-6-23(7-5-15)8-9-29(22(23)33)18-3-2-14(25)11-17(18)24/h2-3,10-12,15,31H,4-9H2,1H3,(H,28,32)/t15-,23-. The predicted molar refractivity (Wildman–Crippen MR) is 120 cm³/mol.